The van der Waals surface area contributed by atoms with Crippen molar-refractivity contribution in [2.45, 2.75) is 50.8 Å². The quantitative estimate of drug-likeness (QED) is 0.633. The predicted molar refractivity (Wildman–Crippen MR) is 128 cm³/mol. The van der Waals surface area contributed by atoms with Gasteiger partial charge >= 0.3 is 6.03 Å². The minimum atomic E-state index is -3.95. The van der Waals surface area contributed by atoms with Gasteiger partial charge in [0.1, 0.15) is 23.1 Å². The highest BCUT2D eigenvalue weighted by Crippen LogP contribution is 2.36. The Hall–Kier alpha value is -2.76. The van der Waals surface area contributed by atoms with Gasteiger partial charge in [0.05, 0.1) is 13.2 Å². The number of urea groups is 1. The summed E-state index contributed by atoms with van der Waals surface area (Å²) in [5, 5.41) is 12.6. The Bertz CT molecular complexity index is 1100. The van der Waals surface area contributed by atoms with E-state index in [1.165, 1.54) is 21.6 Å². The number of ether oxygens (including phenoxy) is 1. The number of nitrogens with zero attached hydrogens (tertiary/aromatic N) is 4. The van der Waals surface area contributed by atoms with Gasteiger partial charge in [-0.25, -0.2) is 23.2 Å². The summed E-state index contributed by atoms with van der Waals surface area (Å²) >= 11 is 0. The zero-order chi connectivity index (χ0) is 25.0. The van der Waals surface area contributed by atoms with E-state index in [1.807, 2.05) is 20.8 Å². The van der Waals surface area contributed by atoms with Crippen LogP contribution in [0.25, 0.3) is 11.1 Å². The fourth-order valence-corrected chi connectivity index (χ4v) is 5.61. The SMILES string of the molecule is CC(C)NC(=O)N(C)C[C@H]1Oc2cc(-c3cncnc3)ccc2S(=O)(=O)N([C@@H](C)CO)C[C@@H]1C. The molecule has 0 saturated carbocycles. The van der Waals surface area contributed by atoms with Gasteiger partial charge in [0.25, 0.3) is 0 Å². The number of rotatable bonds is 6. The summed E-state index contributed by atoms with van der Waals surface area (Å²) in [6.07, 6.45) is 4.20. The molecule has 1 aromatic heterocycles. The monoisotopic (exact) mass is 491 g/mol. The van der Waals surface area contributed by atoms with Crippen molar-refractivity contribution < 1.29 is 23.1 Å². The molecular formula is C23H33N5O5S. The zero-order valence-corrected chi connectivity index (χ0v) is 21.0. The van der Waals surface area contributed by atoms with Crippen LogP contribution in [0.1, 0.15) is 27.7 Å². The lowest BCUT2D eigenvalue weighted by atomic mass is 10.0. The van der Waals surface area contributed by atoms with Crippen molar-refractivity contribution in [1.29, 1.82) is 0 Å². The molecule has 1 aromatic carbocycles. The summed E-state index contributed by atoms with van der Waals surface area (Å²) in [7, 11) is -2.27. The molecule has 3 rings (SSSR count). The molecule has 1 aliphatic rings. The molecule has 0 aliphatic carbocycles. The second kappa shape index (κ2) is 10.7. The molecule has 0 radical (unpaired) electrons. The zero-order valence-electron chi connectivity index (χ0n) is 20.2. The molecule has 0 spiro atoms. The van der Waals surface area contributed by atoms with E-state index >= 15 is 0 Å². The normalized spacial score (nSPS) is 21.0. The van der Waals surface area contributed by atoms with Gasteiger partial charge in [0.15, 0.2) is 0 Å². The highest BCUT2D eigenvalue weighted by atomic mass is 32.2. The molecule has 11 heteroatoms. The Morgan fingerprint density at radius 1 is 1.26 bits per heavy atom. The van der Waals surface area contributed by atoms with Crippen LogP contribution in [-0.4, -0.2) is 83.7 Å². The molecule has 0 bridgehead atoms. The number of aliphatic hydroxyl groups excluding tert-OH is 1. The van der Waals surface area contributed by atoms with Crippen molar-refractivity contribution in [1.82, 2.24) is 24.5 Å². The van der Waals surface area contributed by atoms with E-state index in [2.05, 4.69) is 15.3 Å². The van der Waals surface area contributed by atoms with E-state index in [1.54, 1.807) is 38.5 Å². The fraction of sp³-hybridized carbons (Fsp3) is 0.522. The number of fused-ring (bicyclic) bond motifs is 1. The van der Waals surface area contributed by atoms with Crippen LogP contribution in [0.4, 0.5) is 4.79 Å². The lowest BCUT2D eigenvalue weighted by Gasteiger charge is -2.37. The number of amides is 2. The Morgan fingerprint density at radius 3 is 2.56 bits per heavy atom. The van der Waals surface area contributed by atoms with Crippen LogP contribution in [0, 0.1) is 5.92 Å². The molecule has 186 valence electrons. The maximum absolute atomic E-state index is 13.6. The standard InChI is InChI=1S/C23H33N5O5S/c1-15(2)26-23(30)27(5)12-21-16(3)11-28(17(4)13-29)34(31,32)22-7-6-18(8-20(22)33-21)19-9-24-14-25-10-19/h6-10,14-17,21,29H,11-13H2,1-5H3,(H,26,30)/t16-,17-,21+/m0/s1. The predicted octanol–water partition coefficient (Wildman–Crippen LogP) is 1.96. The first kappa shape index (κ1) is 25.9. The lowest BCUT2D eigenvalue weighted by Crippen LogP contribution is -2.51. The Kier molecular flexibility index (Phi) is 8.11. The van der Waals surface area contributed by atoms with Gasteiger partial charge < -0.3 is 20.1 Å². The largest absolute Gasteiger partial charge is 0.487 e. The third-order valence-corrected chi connectivity index (χ3v) is 7.79. The molecule has 1 aliphatic heterocycles. The minimum Gasteiger partial charge on any atom is -0.487 e. The molecule has 2 heterocycles. The minimum absolute atomic E-state index is 0.0135. The van der Waals surface area contributed by atoms with E-state index in [4.69, 9.17) is 4.74 Å². The van der Waals surface area contributed by atoms with Gasteiger partial charge in [-0.3, -0.25) is 0 Å². The van der Waals surface area contributed by atoms with Crippen LogP contribution >= 0.6 is 0 Å². The van der Waals surface area contributed by atoms with Crippen molar-refractivity contribution in [2.75, 3.05) is 26.7 Å². The van der Waals surface area contributed by atoms with Crippen LogP contribution in [0.2, 0.25) is 0 Å². The van der Waals surface area contributed by atoms with Crippen molar-refractivity contribution in [3.05, 3.63) is 36.9 Å². The van der Waals surface area contributed by atoms with Crippen molar-refractivity contribution in [3.63, 3.8) is 0 Å². The molecule has 10 nitrogen and oxygen atoms in total. The number of aliphatic hydroxyl groups is 1. The van der Waals surface area contributed by atoms with E-state index in [9.17, 15) is 18.3 Å². The van der Waals surface area contributed by atoms with E-state index in [0.29, 0.717) is 11.1 Å². The van der Waals surface area contributed by atoms with E-state index in [-0.39, 0.29) is 48.3 Å². The maximum atomic E-state index is 13.6. The number of likely N-dealkylation sites (N-methyl/N-ethyl adjacent to an activating group) is 1. The molecule has 0 saturated heterocycles. The smallest absolute Gasteiger partial charge is 0.317 e. The number of sulfonamides is 1. The molecule has 2 aromatic rings. The summed E-state index contributed by atoms with van der Waals surface area (Å²) < 4.78 is 34.7. The lowest BCUT2D eigenvalue weighted by molar-refractivity contribution is 0.0810. The van der Waals surface area contributed by atoms with E-state index in [0.717, 1.165) is 0 Å². The maximum Gasteiger partial charge on any atom is 0.317 e. The summed E-state index contributed by atoms with van der Waals surface area (Å²) in [4.78, 5) is 22.1. The third kappa shape index (κ3) is 5.65. The first-order valence-electron chi connectivity index (χ1n) is 11.2. The molecular weight excluding hydrogens is 458 g/mol. The van der Waals surface area contributed by atoms with Crippen LogP contribution in [0.5, 0.6) is 5.75 Å². The van der Waals surface area contributed by atoms with Crippen molar-refractivity contribution >= 4 is 16.1 Å². The first-order valence-corrected chi connectivity index (χ1v) is 12.7. The number of hydrogen-bond donors (Lipinski definition) is 2. The first-order chi connectivity index (χ1) is 16.0. The fourth-order valence-electron chi connectivity index (χ4n) is 3.78. The van der Waals surface area contributed by atoms with Gasteiger partial charge in [-0.1, -0.05) is 13.0 Å². The molecule has 34 heavy (non-hydrogen) atoms. The number of hydrogen-bond acceptors (Lipinski definition) is 7. The number of carbonyl (C=O) groups is 1. The second-order valence-electron chi connectivity index (χ2n) is 9.01. The summed E-state index contributed by atoms with van der Waals surface area (Å²) in [6.45, 7) is 7.38. The van der Waals surface area contributed by atoms with Crippen LogP contribution in [0.15, 0.2) is 41.8 Å². The summed E-state index contributed by atoms with van der Waals surface area (Å²) in [6, 6.07) is 3.97. The van der Waals surface area contributed by atoms with Gasteiger partial charge in [0.2, 0.25) is 10.0 Å². The van der Waals surface area contributed by atoms with E-state index < -0.39 is 22.2 Å². The van der Waals surface area contributed by atoms with Crippen LogP contribution in [0.3, 0.4) is 0 Å². The average molecular weight is 492 g/mol. The second-order valence-corrected chi connectivity index (χ2v) is 10.9. The van der Waals surface area contributed by atoms with Gasteiger partial charge in [-0.05, 0) is 38.5 Å². The third-order valence-electron chi connectivity index (χ3n) is 5.77. The average Bonchev–Trinajstić information content (AvgIpc) is 2.80. The Balaban J connectivity index is 2.06. The highest BCUT2D eigenvalue weighted by molar-refractivity contribution is 7.89. The number of benzene rings is 1. The Labute approximate surface area is 201 Å². The van der Waals surface area contributed by atoms with Gasteiger partial charge in [-0.15, -0.1) is 0 Å². The summed E-state index contributed by atoms with van der Waals surface area (Å²) in [5.74, 6) is -0.0827. The van der Waals surface area contributed by atoms with Crippen LogP contribution in [-0.2, 0) is 10.0 Å². The summed E-state index contributed by atoms with van der Waals surface area (Å²) in [5.41, 5.74) is 1.42. The van der Waals surface area contributed by atoms with Gasteiger partial charge in [-0.2, -0.15) is 4.31 Å². The molecule has 3 atom stereocenters. The molecule has 0 unspecified atom stereocenters. The molecule has 2 N–H and O–H groups in total. The number of nitrogens with one attached hydrogen (secondary N) is 1. The van der Waals surface area contributed by atoms with Gasteiger partial charge in [0, 0.05) is 49.6 Å². The molecule has 0 fully saturated rings. The highest BCUT2D eigenvalue weighted by Gasteiger charge is 2.38. The topological polar surface area (TPSA) is 125 Å². The van der Waals surface area contributed by atoms with Crippen molar-refractivity contribution in [3.8, 4) is 16.9 Å². The van der Waals surface area contributed by atoms with Crippen molar-refractivity contribution in [2.24, 2.45) is 5.92 Å². The van der Waals surface area contributed by atoms with Crippen LogP contribution < -0.4 is 10.1 Å². The number of carbonyl (C=O) groups excluding carboxylic acids is 1. The number of aromatic nitrogens is 2. The Morgan fingerprint density at radius 2 is 1.94 bits per heavy atom. The molecule has 2 amide bonds.